The first-order valence-electron chi connectivity index (χ1n) is 5.49. The van der Waals surface area contributed by atoms with Gasteiger partial charge in [0.2, 0.25) is 11.8 Å². The Morgan fingerprint density at radius 3 is 2.70 bits per heavy atom. The van der Waals surface area contributed by atoms with Crippen LogP contribution in [0.1, 0.15) is 0 Å². The van der Waals surface area contributed by atoms with Crippen molar-refractivity contribution in [1.82, 2.24) is 9.62 Å². The topological polar surface area (TPSA) is 130 Å². The van der Waals surface area contributed by atoms with E-state index in [-0.39, 0.29) is 10.8 Å². The predicted octanol–water partition coefficient (Wildman–Crippen LogP) is -1.67. The number of carbonyl (C=O) groups excluding carboxylic acids is 2. The summed E-state index contributed by atoms with van der Waals surface area (Å²) in [6, 6.07) is 3.03. The minimum Gasteiger partial charge on any atom is -0.381 e. The number of likely N-dealkylation sites (N-methyl/N-ethyl adjacent to an activating group) is 1. The lowest BCUT2D eigenvalue weighted by Crippen LogP contribution is -2.44. The number of sulfonamides is 1. The first-order valence-corrected chi connectivity index (χ1v) is 7.81. The predicted molar refractivity (Wildman–Crippen MR) is 72.3 cm³/mol. The van der Waals surface area contributed by atoms with E-state index in [9.17, 15) is 18.0 Å². The van der Waals surface area contributed by atoms with Crippen molar-refractivity contribution in [3.05, 3.63) is 17.5 Å². The standard InChI is InChI=1S/C10H15N3O5S2/c1-13(20(17,18)9-3-2-4-19-9)6-8(15)12-5-7(14)10(11)16/h2-4,7,14H,5-6H2,1H3,(H2,11,16)(H,12,15). The van der Waals surface area contributed by atoms with Crippen LogP contribution in [-0.4, -0.2) is 55.9 Å². The molecule has 0 fully saturated rings. The van der Waals surface area contributed by atoms with Crippen molar-refractivity contribution in [2.45, 2.75) is 10.3 Å². The third-order valence-electron chi connectivity index (χ3n) is 2.35. The number of primary amides is 1. The van der Waals surface area contributed by atoms with E-state index in [1.54, 1.807) is 11.4 Å². The summed E-state index contributed by atoms with van der Waals surface area (Å²) in [5.41, 5.74) is 4.81. The van der Waals surface area contributed by atoms with E-state index in [2.05, 4.69) is 5.32 Å². The van der Waals surface area contributed by atoms with Crippen molar-refractivity contribution in [3.8, 4) is 0 Å². The van der Waals surface area contributed by atoms with Gasteiger partial charge in [-0.25, -0.2) is 8.42 Å². The zero-order valence-electron chi connectivity index (χ0n) is 10.6. The number of aliphatic hydroxyl groups excluding tert-OH is 1. The van der Waals surface area contributed by atoms with Gasteiger partial charge < -0.3 is 16.2 Å². The van der Waals surface area contributed by atoms with Crippen LogP contribution in [-0.2, 0) is 19.6 Å². The molecule has 0 saturated carbocycles. The summed E-state index contributed by atoms with van der Waals surface area (Å²) in [5.74, 6) is -1.61. The van der Waals surface area contributed by atoms with Crippen LogP contribution in [0.4, 0.5) is 0 Å². The van der Waals surface area contributed by atoms with Crippen LogP contribution < -0.4 is 11.1 Å². The zero-order chi connectivity index (χ0) is 15.3. The van der Waals surface area contributed by atoms with Crippen molar-refractivity contribution in [2.75, 3.05) is 20.1 Å². The van der Waals surface area contributed by atoms with Crippen molar-refractivity contribution in [2.24, 2.45) is 5.73 Å². The van der Waals surface area contributed by atoms with Crippen molar-refractivity contribution in [3.63, 3.8) is 0 Å². The lowest BCUT2D eigenvalue weighted by Gasteiger charge is -2.16. The Bertz CT molecular complexity index is 570. The van der Waals surface area contributed by atoms with Gasteiger partial charge in [-0.15, -0.1) is 11.3 Å². The van der Waals surface area contributed by atoms with Crippen LogP contribution in [0.25, 0.3) is 0 Å². The van der Waals surface area contributed by atoms with E-state index in [1.807, 2.05) is 0 Å². The third kappa shape index (κ3) is 4.27. The maximum atomic E-state index is 12.0. The van der Waals surface area contributed by atoms with E-state index in [0.29, 0.717) is 0 Å². The monoisotopic (exact) mass is 321 g/mol. The van der Waals surface area contributed by atoms with Gasteiger partial charge in [-0.2, -0.15) is 4.31 Å². The Labute approximate surface area is 120 Å². The molecule has 2 amide bonds. The quantitative estimate of drug-likeness (QED) is 0.553. The van der Waals surface area contributed by atoms with Crippen molar-refractivity contribution < 1.29 is 23.1 Å². The lowest BCUT2D eigenvalue weighted by molar-refractivity contribution is -0.127. The number of nitrogens with two attached hydrogens (primary N) is 1. The molecule has 4 N–H and O–H groups in total. The molecule has 1 aromatic heterocycles. The number of amides is 2. The molecule has 0 aromatic carbocycles. The van der Waals surface area contributed by atoms with Crippen LogP contribution in [0.5, 0.6) is 0 Å². The fraction of sp³-hybridized carbons (Fsp3) is 0.400. The number of hydrogen-bond donors (Lipinski definition) is 3. The van der Waals surface area contributed by atoms with Crippen LogP contribution in [0.2, 0.25) is 0 Å². The van der Waals surface area contributed by atoms with Gasteiger partial charge in [-0.1, -0.05) is 6.07 Å². The molecule has 0 bridgehead atoms. The molecule has 0 aliphatic rings. The minimum absolute atomic E-state index is 0.130. The van der Waals surface area contributed by atoms with E-state index in [0.717, 1.165) is 15.6 Å². The molecule has 0 radical (unpaired) electrons. The van der Waals surface area contributed by atoms with Crippen molar-refractivity contribution in [1.29, 1.82) is 0 Å². The molecule has 1 aromatic rings. The summed E-state index contributed by atoms with van der Waals surface area (Å²) in [6.07, 6.45) is -1.50. The van der Waals surface area contributed by atoms with Gasteiger partial charge in [0.15, 0.2) is 0 Å². The van der Waals surface area contributed by atoms with E-state index < -0.39 is 34.5 Å². The van der Waals surface area contributed by atoms with Crippen LogP contribution >= 0.6 is 11.3 Å². The highest BCUT2D eigenvalue weighted by Crippen LogP contribution is 2.19. The number of nitrogens with one attached hydrogen (secondary N) is 1. The Morgan fingerprint density at radius 2 is 2.20 bits per heavy atom. The highest BCUT2D eigenvalue weighted by molar-refractivity contribution is 7.91. The maximum Gasteiger partial charge on any atom is 0.252 e. The SMILES string of the molecule is CN(CC(=O)NCC(O)C(N)=O)S(=O)(=O)c1cccs1. The van der Waals surface area contributed by atoms with Crippen molar-refractivity contribution >= 4 is 33.2 Å². The number of aliphatic hydroxyl groups is 1. The van der Waals surface area contributed by atoms with Gasteiger partial charge in [0.1, 0.15) is 10.3 Å². The first-order chi connectivity index (χ1) is 9.25. The van der Waals surface area contributed by atoms with Gasteiger partial charge in [0.05, 0.1) is 13.1 Å². The summed E-state index contributed by atoms with van der Waals surface area (Å²) in [7, 11) is -2.45. The van der Waals surface area contributed by atoms with Gasteiger partial charge in [0.25, 0.3) is 10.0 Å². The number of hydrogen-bond acceptors (Lipinski definition) is 6. The normalized spacial score (nSPS) is 13.2. The fourth-order valence-electron chi connectivity index (χ4n) is 1.22. The molecule has 0 saturated heterocycles. The number of rotatable bonds is 7. The minimum atomic E-state index is -3.71. The molecule has 1 unspecified atom stereocenters. The molecule has 8 nitrogen and oxygen atoms in total. The molecular weight excluding hydrogens is 306 g/mol. The average Bonchev–Trinajstić information content (AvgIpc) is 2.89. The smallest absolute Gasteiger partial charge is 0.252 e. The van der Waals surface area contributed by atoms with Gasteiger partial charge in [-0.05, 0) is 11.4 Å². The molecule has 1 heterocycles. The highest BCUT2D eigenvalue weighted by Gasteiger charge is 2.24. The molecular formula is C10H15N3O5S2. The second-order valence-electron chi connectivity index (χ2n) is 3.92. The first kappa shape index (κ1) is 16.6. The van der Waals surface area contributed by atoms with E-state index in [4.69, 9.17) is 10.8 Å². The van der Waals surface area contributed by atoms with E-state index >= 15 is 0 Å². The molecule has 1 rings (SSSR count). The summed E-state index contributed by atoms with van der Waals surface area (Å²) in [4.78, 5) is 22.1. The molecule has 0 aliphatic heterocycles. The Morgan fingerprint density at radius 1 is 1.55 bits per heavy atom. The van der Waals surface area contributed by atoms with Gasteiger partial charge in [-0.3, -0.25) is 9.59 Å². The maximum absolute atomic E-state index is 12.0. The lowest BCUT2D eigenvalue weighted by atomic mass is 10.3. The second kappa shape index (κ2) is 6.79. The molecule has 1 atom stereocenters. The van der Waals surface area contributed by atoms with Gasteiger partial charge in [0, 0.05) is 7.05 Å². The average molecular weight is 321 g/mol. The largest absolute Gasteiger partial charge is 0.381 e. The highest BCUT2D eigenvalue weighted by atomic mass is 32.2. The van der Waals surface area contributed by atoms with Gasteiger partial charge >= 0.3 is 0 Å². The van der Waals surface area contributed by atoms with Crippen LogP contribution in [0.3, 0.4) is 0 Å². The summed E-state index contributed by atoms with van der Waals surface area (Å²) >= 11 is 1.04. The second-order valence-corrected chi connectivity index (χ2v) is 7.13. The number of nitrogens with zero attached hydrogens (tertiary/aromatic N) is 1. The van der Waals surface area contributed by atoms with Crippen LogP contribution in [0.15, 0.2) is 21.7 Å². The summed E-state index contributed by atoms with van der Waals surface area (Å²) in [6.45, 7) is -0.785. The summed E-state index contributed by atoms with van der Waals surface area (Å²) in [5, 5.41) is 12.9. The third-order valence-corrected chi connectivity index (χ3v) is 5.52. The Balaban J connectivity index is 2.56. The molecule has 112 valence electrons. The molecule has 10 heteroatoms. The number of carbonyl (C=O) groups is 2. The molecule has 0 aliphatic carbocycles. The van der Waals surface area contributed by atoms with E-state index in [1.165, 1.54) is 13.1 Å². The Kier molecular flexibility index (Phi) is 5.62. The molecule has 20 heavy (non-hydrogen) atoms. The fourth-order valence-corrected chi connectivity index (χ4v) is 3.55. The number of thiophene rings is 1. The molecule has 0 spiro atoms. The van der Waals surface area contributed by atoms with Crippen LogP contribution in [0, 0.1) is 0 Å². The Hall–Kier alpha value is -1.49. The zero-order valence-corrected chi connectivity index (χ0v) is 12.3. The summed E-state index contributed by atoms with van der Waals surface area (Å²) < 4.78 is 25.0.